The monoisotopic (exact) mass is 701 g/mol. The van der Waals surface area contributed by atoms with Crippen molar-refractivity contribution in [2.24, 2.45) is 17.8 Å². The lowest BCUT2D eigenvalue weighted by molar-refractivity contribution is -0.131. The van der Waals surface area contributed by atoms with Gasteiger partial charge in [0.25, 0.3) is 11.8 Å². The number of anilines is 1. The van der Waals surface area contributed by atoms with Crippen molar-refractivity contribution in [1.29, 1.82) is 0 Å². The van der Waals surface area contributed by atoms with E-state index in [0.717, 1.165) is 16.1 Å². The Morgan fingerprint density at radius 2 is 1.37 bits per heavy atom. The second kappa shape index (κ2) is 18.7. The van der Waals surface area contributed by atoms with E-state index in [-0.39, 0.29) is 47.0 Å². The number of aliphatic hydroxyl groups is 1. The van der Waals surface area contributed by atoms with Crippen molar-refractivity contribution in [1.82, 2.24) is 21.3 Å². The first-order chi connectivity index (χ1) is 22.8. The molecule has 0 aromatic heterocycles. The lowest BCUT2D eigenvalue weighted by Crippen LogP contribution is -2.50. The summed E-state index contributed by atoms with van der Waals surface area (Å²) < 4.78 is 25.8. The van der Waals surface area contributed by atoms with Gasteiger partial charge >= 0.3 is 0 Å². The molecule has 272 valence electrons. The average Bonchev–Trinajstić information content (AvgIpc) is 3.04. The molecule has 0 saturated heterocycles. The first-order valence-electron chi connectivity index (χ1n) is 16.9. The molecule has 0 bridgehead atoms. The maximum Gasteiger partial charge on any atom is 0.251 e. The lowest BCUT2D eigenvalue weighted by atomic mass is 9.92. The van der Waals surface area contributed by atoms with Crippen molar-refractivity contribution < 1.29 is 32.7 Å². The molecule has 2 aromatic carbocycles. The van der Waals surface area contributed by atoms with Crippen LogP contribution in [0.1, 0.15) is 100 Å². The molecule has 13 heteroatoms. The van der Waals surface area contributed by atoms with E-state index in [2.05, 4.69) is 21.3 Å². The van der Waals surface area contributed by atoms with Crippen LogP contribution in [0.2, 0.25) is 0 Å². The molecule has 5 atom stereocenters. The minimum atomic E-state index is -3.74. The van der Waals surface area contributed by atoms with E-state index in [1.807, 2.05) is 65.0 Å². The van der Waals surface area contributed by atoms with E-state index in [4.69, 9.17) is 0 Å². The standard InChI is InChI=1S/C36H55N5O7S/c1-10-30(36(46)37-21-23(4)5)39-33(43)24(6)17-32(42)31(16-22(2)3)40-35(45)28-18-27(19-29(20-28)41(8)49(9,47)48)34(44)38-25(7)26-14-12-11-13-15-26/h11-15,18-20,22-25,30-32,42H,10,16-17,21H2,1-9H3,(H,37,46)(H,38,44)(H,39,43)(H,40,45). The van der Waals surface area contributed by atoms with Crippen LogP contribution in [-0.2, 0) is 19.6 Å². The van der Waals surface area contributed by atoms with E-state index in [0.29, 0.717) is 19.4 Å². The zero-order valence-corrected chi connectivity index (χ0v) is 31.1. The van der Waals surface area contributed by atoms with Crippen molar-refractivity contribution in [3.63, 3.8) is 0 Å². The fourth-order valence-corrected chi connectivity index (χ4v) is 5.64. The minimum Gasteiger partial charge on any atom is -0.391 e. The highest BCUT2D eigenvalue weighted by Gasteiger charge is 2.29. The Kier molecular flexibility index (Phi) is 15.7. The molecule has 4 amide bonds. The van der Waals surface area contributed by atoms with Gasteiger partial charge in [0.05, 0.1) is 30.1 Å². The number of nitrogens with zero attached hydrogens (tertiary/aromatic N) is 1. The number of amides is 4. The van der Waals surface area contributed by atoms with Crippen LogP contribution in [0.4, 0.5) is 5.69 Å². The third kappa shape index (κ3) is 13.1. The highest BCUT2D eigenvalue weighted by molar-refractivity contribution is 7.92. The van der Waals surface area contributed by atoms with Gasteiger partial charge in [0, 0.05) is 30.6 Å². The first-order valence-corrected chi connectivity index (χ1v) is 18.7. The smallest absolute Gasteiger partial charge is 0.251 e. The van der Waals surface area contributed by atoms with Gasteiger partial charge < -0.3 is 26.4 Å². The van der Waals surface area contributed by atoms with E-state index in [9.17, 15) is 32.7 Å². The van der Waals surface area contributed by atoms with Gasteiger partial charge in [-0.1, -0.05) is 71.9 Å². The second-order valence-corrected chi connectivity index (χ2v) is 15.6. The summed E-state index contributed by atoms with van der Waals surface area (Å²) in [6, 6.07) is 11.6. The van der Waals surface area contributed by atoms with Gasteiger partial charge in [-0.25, -0.2) is 8.42 Å². The van der Waals surface area contributed by atoms with E-state index < -0.39 is 51.9 Å². The fourth-order valence-electron chi connectivity index (χ4n) is 5.15. The largest absolute Gasteiger partial charge is 0.391 e. The molecule has 0 radical (unpaired) electrons. The van der Waals surface area contributed by atoms with Crippen LogP contribution in [0.25, 0.3) is 0 Å². The van der Waals surface area contributed by atoms with Crippen LogP contribution in [0.5, 0.6) is 0 Å². The highest BCUT2D eigenvalue weighted by Crippen LogP contribution is 2.23. The van der Waals surface area contributed by atoms with Gasteiger partial charge in [0.2, 0.25) is 21.8 Å². The number of rotatable bonds is 18. The van der Waals surface area contributed by atoms with Gasteiger partial charge in [-0.3, -0.25) is 23.5 Å². The summed E-state index contributed by atoms with van der Waals surface area (Å²) in [6.07, 6.45) is 0.676. The third-order valence-electron chi connectivity index (χ3n) is 8.23. The van der Waals surface area contributed by atoms with Gasteiger partial charge in [-0.15, -0.1) is 0 Å². The van der Waals surface area contributed by atoms with Gasteiger partial charge in [-0.05, 0) is 61.8 Å². The number of sulfonamides is 1. The number of nitrogens with one attached hydrogen (secondary N) is 4. The Balaban J connectivity index is 2.30. The summed E-state index contributed by atoms with van der Waals surface area (Å²) in [5, 5.41) is 22.6. The lowest BCUT2D eigenvalue weighted by Gasteiger charge is -2.28. The van der Waals surface area contributed by atoms with E-state index >= 15 is 0 Å². The molecular formula is C36H55N5O7S. The minimum absolute atomic E-state index is 0.00936. The quantitative estimate of drug-likeness (QED) is 0.157. The second-order valence-electron chi connectivity index (χ2n) is 13.6. The van der Waals surface area contributed by atoms with Gasteiger partial charge in [0.15, 0.2) is 0 Å². The number of carbonyl (C=O) groups is 4. The predicted molar refractivity (Wildman–Crippen MR) is 193 cm³/mol. The Morgan fingerprint density at radius 1 is 0.796 bits per heavy atom. The van der Waals surface area contributed by atoms with E-state index in [1.54, 1.807) is 13.8 Å². The van der Waals surface area contributed by atoms with Crippen LogP contribution < -0.4 is 25.6 Å². The molecule has 0 aliphatic rings. The summed E-state index contributed by atoms with van der Waals surface area (Å²) in [5.74, 6) is -2.15. The Labute approximate surface area is 291 Å². The van der Waals surface area contributed by atoms with Crippen LogP contribution in [-0.4, -0.2) is 75.2 Å². The van der Waals surface area contributed by atoms with Crippen molar-refractivity contribution in [2.45, 2.75) is 92.0 Å². The molecule has 2 rings (SSSR count). The fraction of sp³-hybridized carbons (Fsp3) is 0.556. The highest BCUT2D eigenvalue weighted by atomic mass is 32.2. The molecule has 5 unspecified atom stereocenters. The average molecular weight is 702 g/mol. The summed E-state index contributed by atoms with van der Waals surface area (Å²) in [5.41, 5.74) is 1.08. The molecule has 0 heterocycles. The molecular weight excluding hydrogens is 646 g/mol. The molecule has 0 spiro atoms. The molecule has 0 aliphatic carbocycles. The number of hydrogen-bond donors (Lipinski definition) is 5. The maximum absolute atomic E-state index is 13.7. The summed E-state index contributed by atoms with van der Waals surface area (Å²) in [7, 11) is -2.41. The van der Waals surface area contributed by atoms with Crippen LogP contribution in [0.3, 0.4) is 0 Å². The number of aliphatic hydroxyl groups excluding tert-OH is 1. The first kappa shape index (κ1) is 41.2. The van der Waals surface area contributed by atoms with Crippen LogP contribution in [0, 0.1) is 17.8 Å². The Bertz CT molecular complexity index is 1530. The molecule has 5 N–H and O–H groups in total. The summed E-state index contributed by atoms with van der Waals surface area (Å²) in [6.45, 7) is 13.6. The SMILES string of the molecule is CCC(NC(=O)C(C)CC(O)C(CC(C)C)NC(=O)c1cc(C(=O)NC(C)c2ccccc2)cc(N(C)S(C)(=O)=O)c1)C(=O)NCC(C)C. The molecule has 49 heavy (non-hydrogen) atoms. The molecule has 0 saturated carbocycles. The molecule has 2 aromatic rings. The third-order valence-corrected chi connectivity index (χ3v) is 9.43. The zero-order valence-electron chi connectivity index (χ0n) is 30.2. The zero-order chi connectivity index (χ0) is 37.1. The van der Waals surface area contributed by atoms with Gasteiger partial charge in [-0.2, -0.15) is 0 Å². The normalized spacial score (nSPS) is 14.7. The van der Waals surface area contributed by atoms with Crippen molar-refractivity contribution in [3.05, 3.63) is 65.2 Å². The molecule has 0 aliphatic heterocycles. The number of benzene rings is 2. The Morgan fingerprint density at radius 3 is 1.88 bits per heavy atom. The van der Waals surface area contributed by atoms with Crippen LogP contribution >= 0.6 is 0 Å². The number of carbonyl (C=O) groups excluding carboxylic acids is 4. The molecule has 0 fully saturated rings. The van der Waals surface area contributed by atoms with Crippen molar-refractivity contribution in [2.75, 3.05) is 24.2 Å². The van der Waals surface area contributed by atoms with E-state index in [1.165, 1.54) is 25.2 Å². The van der Waals surface area contributed by atoms with Crippen molar-refractivity contribution >= 4 is 39.3 Å². The summed E-state index contributed by atoms with van der Waals surface area (Å²) in [4.78, 5) is 52.7. The van der Waals surface area contributed by atoms with Gasteiger partial charge in [0.1, 0.15) is 6.04 Å². The van der Waals surface area contributed by atoms with Crippen LogP contribution in [0.15, 0.2) is 48.5 Å². The molecule has 12 nitrogen and oxygen atoms in total. The predicted octanol–water partition coefficient (Wildman–Crippen LogP) is 3.77. The summed E-state index contributed by atoms with van der Waals surface area (Å²) >= 11 is 0. The number of hydrogen-bond acceptors (Lipinski definition) is 7. The van der Waals surface area contributed by atoms with Crippen molar-refractivity contribution in [3.8, 4) is 0 Å². The topological polar surface area (TPSA) is 174 Å². The Hall–Kier alpha value is -3.97. The maximum atomic E-state index is 13.7.